The smallest absolute Gasteiger partial charge is 0.0825 e. The summed E-state index contributed by atoms with van der Waals surface area (Å²) in [4.78, 5) is 2.34. The second-order valence-electron chi connectivity index (χ2n) is 5.19. The molecule has 1 heterocycles. The van der Waals surface area contributed by atoms with E-state index < -0.39 is 0 Å². The first-order valence-electron chi connectivity index (χ1n) is 6.21. The highest BCUT2D eigenvalue weighted by atomic mass is 16.5. The van der Waals surface area contributed by atoms with Gasteiger partial charge in [0.25, 0.3) is 0 Å². The van der Waals surface area contributed by atoms with Crippen LogP contribution in [-0.4, -0.2) is 25.8 Å². The number of anilines is 2. The third-order valence-electron chi connectivity index (χ3n) is 3.79. The van der Waals surface area contributed by atoms with Gasteiger partial charge in [0.1, 0.15) is 0 Å². The lowest BCUT2D eigenvalue weighted by molar-refractivity contribution is -0.00462. The van der Waals surface area contributed by atoms with Crippen molar-refractivity contribution in [1.29, 1.82) is 0 Å². The van der Waals surface area contributed by atoms with E-state index in [1.165, 1.54) is 0 Å². The summed E-state index contributed by atoms with van der Waals surface area (Å²) >= 11 is 0. The van der Waals surface area contributed by atoms with Crippen molar-refractivity contribution in [2.45, 2.75) is 32.3 Å². The van der Waals surface area contributed by atoms with Gasteiger partial charge >= 0.3 is 0 Å². The fourth-order valence-electron chi connectivity index (χ4n) is 2.52. The van der Waals surface area contributed by atoms with Gasteiger partial charge in [0.05, 0.1) is 17.0 Å². The monoisotopic (exact) mass is 234 g/mol. The maximum absolute atomic E-state index is 6.16. The summed E-state index contributed by atoms with van der Waals surface area (Å²) in [5.41, 5.74) is 9.30. The molecule has 3 heteroatoms. The fraction of sp³-hybridized carbons (Fsp3) is 0.571. The van der Waals surface area contributed by atoms with Crippen LogP contribution in [-0.2, 0) is 4.74 Å². The topological polar surface area (TPSA) is 38.5 Å². The zero-order valence-corrected chi connectivity index (χ0v) is 11.0. The molecule has 0 aromatic heterocycles. The van der Waals surface area contributed by atoms with E-state index in [-0.39, 0.29) is 5.60 Å². The van der Waals surface area contributed by atoms with Crippen LogP contribution in [0.2, 0.25) is 0 Å². The second kappa shape index (κ2) is 4.57. The summed E-state index contributed by atoms with van der Waals surface area (Å²) in [7, 11) is 1.79. The summed E-state index contributed by atoms with van der Waals surface area (Å²) in [6.07, 6.45) is 2.27. The van der Waals surface area contributed by atoms with Gasteiger partial charge in [-0.05, 0) is 38.3 Å². The first-order valence-corrected chi connectivity index (χ1v) is 6.21. The molecule has 0 radical (unpaired) electrons. The number of nitrogens with zero attached hydrogens (tertiary/aromatic N) is 1. The van der Waals surface area contributed by atoms with Gasteiger partial charge in [-0.2, -0.15) is 0 Å². The van der Waals surface area contributed by atoms with E-state index in [4.69, 9.17) is 10.5 Å². The first kappa shape index (κ1) is 12.2. The quantitative estimate of drug-likeness (QED) is 0.799. The van der Waals surface area contributed by atoms with Gasteiger partial charge in [0, 0.05) is 20.2 Å². The Morgan fingerprint density at radius 1 is 1.41 bits per heavy atom. The number of rotatable bonds is 2. The van der Waals surface area contributed by atoms with E-state index in [1.54, 1.807) is 7.11 Å². The average Bonchev–Trinajstić information content (AvgIpc) is 2.33. The van der Waals surface area contributed by atoms with Crippen LogP contribution in [0.1, 0.15) is 25.3 Å². The first-order chi connectivity index (χ1) is 8.06. The van der Waals surface area contributed by atoms with Gasteiger partial charge in [-0.25, -0.2) is 0 Å². The third kappa shape index (κ3) is 2.39. The van der Waals surface area contributed by atoms with Gasteiger partial charge in [0.15, 0.2) is 0 Å². The predicted molar refractivity (Wildman–Crippen MR) is 72.5 cm³/mol. The van der Waals surface area contributed by atoms with E-state index in [9.17, 15) is 0 Å². The number of methoxy groups -OCH3 is 1. The van der Waals surface area contributed by atoms with Crippen LogP contribution in [0.5, 0.6) is 0 Å². The Balaban J connectivity index is 2.25. The summed E-state index contributed by atoms with van der Waals surface area (Å²) in [6, 6.07) is 6.22. The number of piperidine rings is 1. The van der Waals surface area contributed by atoms with Gasteiger partial charge < -0.3 is 15.4 Å². The molecule has 0 aliphatic carbocycles. The molecule has 1 aliphatic heterocycles. The lowest BCUT2D eigenvalue weighted by Crippen LogP contribution is -2.47. The van der Waals surface area contributed by atoms with Crippen molar-refractivity contribution < 1.29 is 4.74 Å². The summed E-state index contributed by atoms with van der Waals surface area (Å²) in [5, 5.41) is 0. The highest BCUT2D eigenvalue weighted by Gasteiger charge is 2.31. The number of aryl methyl sites for hydroxylation is 1. The number of hydrogen-bond donors (Lipinski definition) is 1. The molecule has 94 valence electrons. The van der Waals surface area contributed by atoms with Crippen LogP contribution < -0.4 is 10.6 Å². The SMILES string of the molecule is COC1(C)CCCN(c2cccc(C)c2N)C1. The molecule has 1 saturated heterocycles. The number of nitrogen functional groups attached to an aromatic ring is 1. The second-order valence-corrected chi connectivity index (χ2v) is 5.19. The van der Waals surface area contributed by atoms with Gasteiger partial charge in [-0.15, -0.1) is 0 Å². The number of nitrogens with two attached hydrogens (primary N) is 1. The van der Waals surface area contributed by atoms with Gasteiger partial charge in [-0.1, -0.05) is 12.1 Å². The van der Waals surface area contributed by atoms with Crippen molar-refractivity contribution in [3.63, 3.8) is 0 Å². The van der Waals surface area contributed by atoms with E-state index in [1.807, 2.05) is 0 Å². The van der Waals surface area contributed by atoms with E-state index >= 15 is 0 Å². The molecule has 1 aromatic carbocycles. The van der Waals surface area contributed by atoms with Crippen molar-refractivity contribution in [1.82, 2.24) is 0 Å². The minimum absolute atomic E-state index is 0.0472. The van der Waals surface area contributed by atoms with Crippen LogP contribution in [0.3, 0.4) is 0 Å². The molecule has 1 aromatic rings. The van der Waals surface area contributed by atoms with Crippen LogP contribution in [0.15, 0.2) is 18.2 Å². The van der Waals surface area contributed by atoms with E-state index in [0.29, 0.717) is 0 Å². The van der Waals surface area contributed by atoms with E-state index in [0.717, 1.165) is 42.9 Å². The highest BCUT2D eigenvalue weighted by molar-refractivity contribution is 5.71. The zero-order chi connectivity index (χ0) is 12.5. The van der Waals surface area contributed by atoms with Crippen LogP contribution >= 0.6 is 0 Å². The lowest BCUT2D eigenvalue weighted by Gasteiger charge is -2.41. The van der Waals surface area contributed by atoms with Crippen molar-refractivity contribution in [3.8, 4) is 0 Å². The molecule has 0 spiro atoms. The summed E-state index contributed by atoms with van der Waals surface area (Å²) < 4.78 is 5.62. The number of para-hydroxylation sites is 1. The number of hydrogen-bond acceptors (Lipinski definition) is 3. The molecule has 1 unspecified atom stereocenters. The molecule has 2 rings (SSSR count). The number of ether oxygens (including phenoxy) is 1. The van der Waals surface area contributed by atoms with Crippen molar-refractivity contribution in [2.24, 2.45) is 0 Å². The Bertz CT molecular complexity index is 405. The predicted octanol–water partition coefficient (Wildman–Crippen LogP) is 2.58. The molecule has 0 saturated carbocycles. The Labute approximate surface area is 104 Å². The van der Waals surface area contributed by atoms with Crippen LogP contribution in [0.4, 0.5) is 11.4 Å². The highest BCUT2D eigenvalue weighted by Crippen LogP contribution is 2.32. The zero-order valence-electron chi connectivity index (χ0n) is 11.0. The summed E-state index contributed by atoms with van der Waals surface area (Å²) in [5.74, 6) is 0. The molecule has 2 N–H and O–H groups in total. The fourth-order valence-corrected chi connectivity index (χ4v) is 2.52. The van der Waals surface area contributed by atoms with Crippen molar-refractivity contribution >= 4 is 11.4 Å². The standard InChI is InChI=1S/C14H22N2O/c1-11-6-4-7-12(13(11)15)16-9-5-8-14(2,10-16)17-3/h4,6-7H,5,8-10,15H2,1-3H3. The Morgan fingerprint density at radius 2 is 2.18 bits per heavy atom. The van der Waals surface area contributed by atoms with Gasteiger partial charge in [-0.3, -0.25) is 0 Å². The van der Waals surface area contributed by atoms with Crippen LogP contribution in [0.25, 0.3) is 0 Å². The Hall–Kier alpha value is -1.22. The van der Waals surface area contributed by atoms with Crippen molar-refractivity contribution in [3.05, 3.63) is 23.8 Å². The molecule has 0 bridgehead atoms. The molecule has 17 heavy (non-hydrogen) atoms. The van der Waals surface area contributed by atoms with Gasteiger partial charge in [0.2, 0.25) is 0 Å². The largest absolute Gasteiger partial charge is 0.397 e. The minimum Gasteiger partial charge on any atom is -0.397 e. The third-order valence-corrected chi connectivity index (χ3v) is 3.79. The maximum atomic E-state index is 6.16. The molecule has 1 atom stereocenters. The van der Waals surface area contributed by atoms with E-state index in [2.05, 4.69) is 36.9 Å². The molecular weight excluding hydrogens is 212 g/mol. The number of benzene rings is 1. The Kier molecular flexibility index (Phi) is 3.29. The minimum atomic E-state index is -0.0472. The van der Waals surface area contributed by atoms with Crippen molar-refractivity contribution in [2.75, 3.05) is 30.8 Å². The lowest BCUT2D eigenvalue weighted by atomic mass is 9.94. The average molecular weight is 234 g/mol. The maximum Gasteiger partial charge on any atom is 0.0825 e. The molecule has 0 amide bonds. The normalized spacial score (nSPS) is 25.0. The molecular formula is C14H22N2O. The molecule has 3 nitrogen and oxygen atoms in total. The summed E-state index contributed by atoms with van der Waals surface area (Å²) in [6.45, 7) is 6.20. The Morgan fingerprint density at radius 3 is 2.88 bits per heavy atom. The molecule has 1 aliphatic rings. The van der Waals surface area contributed by atoms with Crippen LogP contribution in [0, 0.1) is 6.92 Å². The molecule has 1 fully saturated rings.